The lowest BCUT2D eigenvalue weighted by Gasteiger charge is -2.28. The summed E-state index contributed by atoms with van der Waals surface area (Å²) in [5.41, 5.74) is 0.167. The fourth-order valence-electron chi connectivity index (χ4n) is 4.55. The van der Waals surface area contributed by atoms with E-state index in [0.29, 0.717) is 35.9 Å². The smallest absolute Gasteiger partial charge is 0.407 e. The van der Waals surface area contributed by atoms with Gasteiger partial charge in [0.2, 0.25) is 0 Å². The minimum atomic E-state index is -0.558. The number of carbonyl (C=O) groups excluding carboxylic acids is 3. The zero-order chi connectivity index (χ0) is 28.0. The van der Waals surface area contributed by atoms with Crippen molar-refractivity contribution in [2.45, 2.75) is 78.7 Å². The average molecular weight is 550 g/mol. The summed E-state index contributed by atoms with van der Waals surface area (Å²) in [6.07, 6.45) is 2.60. The van der Waals surface area contributed by atoms with E-state index in [-0.39, 0.29) is 53.6 Å². The van der Waals surface area contributed by atoms with Gasteiger partial charge in [-0.3, -0.25) is 9.59 Å². The number of rotatable bonds is 8. The molecule has 1 aliphatic carbocycles. The zero-order valence-electron chi connectivity index (χ0n) is 22.6. The molecule has 2 aromatic rings. The van der Waals surface area contributed by atoms with E-state index in [1.807, 2.05) is 20.8 Å². The van der Waals surface area contributed by atoms with Gasteiger partial charge in [0, 0.05) is 30.0 Å². The fourth-order valence-corrected chi connectivity index (χ4v) is 4.76. The molecule has 1 saturated carbocycles. The minimum absolute atomic E-state index is 0.0632. The molecule has 0 aliphatic heterocycles. The van der Waals surface area contributed by atoms with E-state index in [1.54, 1.807) is 19.9 Å². The highest BCUT2D eigenvalue weighted by molar-refractivity contribution is 6.33. The summed E-state index contributed by atoms with van der Waals surface area (Å²) in [7, 11) is 0. The molecule has 9 nitrogen and oxygen atoms in total. The number of hydrogen-bond donors (Lipinski definition) is 1. The highest BCUT2D eigenvalue weighted by Gasteiger charge is 2.29. The Hall–Kier alpha value is -3.07. The zero-order valence-corrected chi connectivity index (χ0v) is 23.4. The van der Waals surface area contributed by atoms with Crippen LogP contribution in [0.15, 0.2) is 21.3 Å². The van der Waals surface area contributed by atoms with Crippen LogP contribution in [0.3, 0.4) is 0 Å². The number of esters is 2. The van der Waals surface area contributed by atoms with Gasteiger partial charge in [0.15, 0.2) is 5.75 Å². The van der Waals surface area contributed by atoms with Crippen LogP contribution < -0.4 is 15.7 Å². The Kier molecular flexibility index (Phi) is 9.82. The summed E-state index contributed by atoms with van der Waals surface area (Å²) in [5.74, 6) is -0.695. The third kappa shape index (κ3) is 7.96. The van der Waals surface area contributed by atoms with Crippen molar-refractivity contribution in [1.82, 2.24) is 5.32 Å². The van der Waals surface area contributed by atoms with E-state index in [9.17, 15) is 19.2 Å². The molecule has 0 saturated heterocycles. The maximum atomic E-state index is 12.9. The molecule has 1 amide bonds. The molecule has 1 fully saturated rings. The topological polar surface area (TPSA) is 121 Å². The first-order valence-corrected chi connectivity index (χ1v) is 13.4. The molecule has 3 rings (SSSR count). The molecule has 1 aliphatic rings. The van der Waals surface area contributed by atoms with Crippen LogP contribution in [-0.4, -0.2) is 36.8 Å². The molecular formula is C28H36ClNO8. The first-order valence-electron chi connectivity index (χ1n) is 13.0. The predicted molar refractivity (Wildman–Crippen MR) is 143 cm³/mol. The Morgan fingerprint density at radius 2 is 1.82 bits per heavy atom. The first-order chi connectivity index (χ1) is 17.9. The fraction of sp³-hybridized carbons (Fsp3) is 0.571. The van der Waals surface area contributed by atoms with Gasteiger partial charge in [-0.25, -0.2) is 9.59 Å². The molecular weight excluding hydrogens is 514 g/mol. The van der Waals surface area contributed by atoms with Crippen LogP contribution in [0.5, 0.6) is 5.75 Å². The Bertz CT molecular complexity index is 1240. The number of hydrogen-bond acceptors (Lipinski definition) is 8. The van der Waals surface area contributed by atoms with Crippen molar-refractivity contribution in [2.75, 3.05) is 13.2 Å². The lowest BCUT2D eigenvalue weighted by atomic mass is 9.82. The van der Waals surface area contributed by atoms with Crippen LogP contribution >= 0.6 is 11.6 Å². The van der Waals surface area contributed by atoms with Crippen molar-refractivity contribution in [1.29, 1.82) is 0 Å². The lowest BCUT2D eigenvalue weighted by Crippen LogP contribution is -2.36. The van der Waals surface area contributed by atoms with Gasteiger partial charge in [-0.15, -0.1) is 0 Å². The van der Waals surface area contributed by atoms with E-state index in [2.05, 4.69) is 5.32 Å². The summed E-state index contributed by atoms with van der Waals surface area (Å²) in [4.78, 5) is 49.1. The number of aryl methyl sites for hydroxylation is 1. The van der Waals surface area contributed by atoms with Crippen molar-refractivity contribution in [3.05, 3.63) is 38.7 Å². The van der Waals surface area contributed by atoms with Gasteiger partial charge in [0.05, 0.1) is 17.5 Å². The number of fused-ring (bicyclic) bond motifs is 1. The van der Waals surface area contributed by atoms with Gasteiger partial charge in [-0.05, 0) is 84.3 Å². The third-order valence-corrected chi connectivity index (χ3v) is 6.84. The van der Waals surface area contributed by atoms with Gasteiger partial charge in [-0.1, -0.05) is 11.6 Å². The van der Waals surface area contributed by atoms with Gasteiger partial charge >= 0.3 is 23.7 Å². The Labute approximate surface area is 227 Å². The molecule has 1 aromatic heterocycles. The van der Waals surface area contributed by atoms with Crippen molar-refractivity contribution in [3.63, 3.8) is 0 Å². The normalized spacial score (nSPS) is 17.6. The van der Waals surface area contributed by atoms with E-state index in [0.717, 1.165) is 12.8 Å². The van der Waals surface area contributed by atoms with Gasteiger partial charge in [-0.2, -0.15) is 0 Å². The molecule has 10 heteroatoms. The number of halogens is 1. The Balaban J connectivity index is 1.61. The number of benzene rings is 1. The van der Waals surface area contributed by atoms with Crippen LogP contribution in [0.25, 0.3) is 11.0 Å². The summed E-state index contributed by atoms with van der Waals surface area (Å²) in [5, 5.41) is 3.62. The molecule has 0 atom stereocenters. The second-order valence-corrected chi connectivity index (χ2v) is 11.0. The highest BCUT2D eigenvalue weighted by atomic mass is 35.5. The Morgan fingerprint density at radius 3 is 2.45 bits per heavy atom. The van der Waals surface area contributed by atoms with Gasteiger partial charge in [0.1, 0.15) is 11.2 Å². The largest absolute Gasteiger partial charge is 0.466 e. The quantitative estimate of drug-likeness (QED) is 0.261. The number of alkyl carbamates (subject to hydrolysis) is 1. The van der Waals surface area contributed by atoms with Gasteiger partial charge in [0.25, 0.3) is 0 Å². The minimum Gasteiger partial charge on any atom is -0.466 e. The summed E-state index contributed by atoms with van der Waals surface area (Å²) in [6, 6.07) is 3.06. The molecule has 0 radical (unpaired) electrons. The number of amides is 1. The van der Waals surface area contributed by atoms with Crippen LogP contribution in [0.2, 0.25) is 5.02 Å². The van der Waals surface area contributed by atoms with Gasteiger partial charge < -0.3 is 23.9 Å². The van der Waals surface area contributed by atoms with Crippen LogP contribution in [0.4, 0.5) is 4.79 Å². The monoisotopic (exact) mass is 549 g/mol. The van der Waals surface area contributed by atoms with E-state index in [1.165, 1.54) is 6.07 Å². The summed E-state index contributed by atoms with van der Waals surface area (Å²) < 4.78 is 21.3. The SMILES string of the molecule is CCOC(=O)CCc1c(C)c2cc(Cl)c(OC(=O)C3CCC(CNC(=O)OC(C)(C)C)CC3)cc2oc1=O. The molecule has 0 spiro atoms. The highest BCUT2D eigenvalue weighted by Crippen LogP contribution is 2.35. The van der Waals surface area contributed by atoms with Crippen molar-refractivity contribution in [2.24, 2.45) is 11.8 Å². The van der Waals surface area contributed by atoms with Crippen LogP contribution in [-0.2, 0) is 25.5 Å². The maximum Gasteiger partial charge on any atom is 0.407 e. The van der Waals surface area contributed by atoms with Crippen molar-refractivity contribution in [3.8, 4) is 5.75 Å². The Morgan fingerprint density at radius 1 is 1.13 bits per heavy atom. The lowest BCUT2D eigenvalue weighted by molar-refractivity contribution is -0.143. The third-order valence-electron chi connectivity index (χ3n) is 6.55. The number of carbonyl (C=O) groups is 3. The number of nitrogens with one attached hydrogen (secondary N) is 1. The standard InChI is InChI=1S/C28H36ClNO8/c1-6-35-24(31)12-11-19-16(2)20-13-21(29)23(14-22(20)36-26(19)33)37-25(32)18-9-7-17(8-10-18)15-30-27(34)38-28(3,4)5/h13-14,17-18H,6-12,15H2,1-5H3,(H,30,34). The molecule has 38 heavy (non-hydrogen) atoms. The van der Waals surface area contributed by atoms with Crippen molar-refractivity contribution < 1.29 is 33.0 Å². The second kappa shape index (κ2) is 12.7. The number of ether oxygens (including phenoxy) is 3. The van der Waals surface area contributed by atoms with E-state index in [4.69, 9.17) is 30.2 Å². The molecule has 1 heterocycles. The molecule has 0 bridgehead atoms. The summed E-state index contributed by atoms with van der Waals surface area (Å²) >= 11 is 6.44. The average Bonchev–Trinajstić information content (AvgIpc) is 2.83. The predicted octanol–water partition coefficient (Wildman–Crippen LogP) is 5.49. The van der Waals surface area contributed by atoms with Crippen molar-refractivity contribution >= 4 is 40.6 Å². The molecule has 1 N–H and O–H groups in total. The van der Waals surface area contributed by atoms with E-state index >= 15 is 0 Å². The molecule has 0 unspecified atom stereocenters. The van der Waals surface area contributed by atoms with Crippen LogP contribution in [0, 0.1) is 18.8 Å². The van der Waals surface area contributed by atoms with Crippen LogP contribution in [0.1, 0.15) is 70.9 Å². The molecule has 208 valence electrons. The first kappa shape index (κ1) is 29.5. The maximum absolute atomic E-state index is 12.9. The molecule has 1 aromatic carbocycles. The van der Waals surface area contributed by atoms with E-state index < -0.39 is 23.3 Å². The summed E-state index contributed by atoms with van der Waals surface area (Å²) in [6.45, 7) is 9.68. The second-order valence-electron chi connectivity index (χ2n) is 10.6.